The minimum atomic E-state index is -2.10. The largest absolute Gasteiger partial charge is 0.508 e. The second kappa shape index (κ2) is 30.6. The third kappa shape index (κ3) is 21.5. The third-order valence-electron chi connectivity index (χ3n) is 11.6. The van der Waals surface area contributed by atoms with Crippen molar-refractivity contribution in [2.24, 2.45) is 23.1 Å². The molecule has 1 aromatic rings. The number of nitrogens with zero attached hydrogens (tertiary/aromatic N) is 1. The fourth-order valence-corrected chi connectivity index (χ4v) is 7.77. The molecular weight excluding hydrogens is 995 g/mol. The van der Waals surface area contributed by atoms with Crippen molar-refractivity contribution in [3.05, 3.63) is 29.8 Å². The van der Waals surface area contributed by atoms with Crippen LogP contribution in [-0.2, 0) is 64.0 Å². The highest BCUT2D eigenvalue weighted by Crippen LogP contribution is 2.22. The Kier molecular flexibility index (Phi) is 26.0. The summed E-state index contributed by atoms with van der Waals surface area (Å²) < 4.78 is 0. The van der Waals surface area contributed by atoms with Gasteiger partial charge in [-0.05, 0) is 82.5 Å². The molecule has 0 bridgehead atoms. The molecule has 0 unspecified atom stereocenters. The van der Waals surface area contributed by atoms with Gasteiger partial charge in [-0.1, -0.05) is 26.0 Å². The number of phenols is 1. The summed E-state index contributed by atoms with van der Waals surface area (Å²) in [6.07, 6.45) is -5.60. The highest BCUT2D eigenvalue weighted by Gasteiger charge is 2.41. The number of aliphatic hydroxyl groups excluding tert-OH is 2. The zero-order valence-electron chi connectivity index (χ0n) is 42.0. The Balaban J connectivity index is 2.40. The molecule has 9 amide bonds. The average molecular weight is 1070 g/mol. The van der Waals surface area contributed by atoms with Crippen LogP contribution in [0.15, 0.2) is 24.3 Å². The van der Waals surface area contributed by atoms with Gasteiger partial charge < -0.3 is 90.0 Å². The Morgan fingerprint density at radius 1 is 0.627 bits per heavy atom. The van der Waals surface area contributed by atoms with Crippen molar-refractivity contribution in [3.8, 4) is 5.75 Å². The number of carbonyl (C=O) groups excluding carboxylic acids is 9. The molecule has 29 heteroatoms. The highest BCUT2D eigenvalue weighted by atomic mass is 16.4. The van der Waals surface area contributed by atoms with Crippen molar-refractivity contribution in [2.45, 2.75) is 158 Å². The van der Waals surface area contributed by atoms with E-state index in [4.69, 9.17) is 17.2 Å². The number of rotatable bonds is 32. The summed E-state index contributed by atoms with van der Waals surface area (Å²) in [7, 11) is 0. The van der Waals surface area contributed by atoms with E-state index in [-0.39, 0.29) is 56.9 Å². The van der Waals surface area contributed by atoms with Crippen molar-refractivity contribution < 1.29 is 88.2 Å². The number of nitrogens with two attached hydrogens (primary N) is 3. The maximum atomic E-state index is 14.4. The summed E-state index contributed by atoms with van der Waals surface area (Å²) in [5.41, 5.74) is 17.2. The Bertz CT molecular complexity index is 2210. The predicted molar refractivity (Wildman–Crippen MR) is 260 cm³/mol. The fraction of sp³-hybridized carbons (Fsp3) is 0.609. The van der Waals surface area contributed by atoms with Crippen LogP contribution in [0.1, 0.15) is 91.0 Å². The van der Waals surface area contributed by atoms with E-state index in [2.05, 4.69) is 21.3 Å². The number of carboxylic acid groups (broad SMARTS) is 3. The van der Waals surface area contributed by atoms with Crippen molar-refractivity contribution in [3.63, 3.8) is 0 Å². The second-order valence-corrected chi connectivity index (χ2v) is 18.5. The number of aliphatic carboxylic acids is 3. The fourth-order valence-electron chi connectivity index (χ4n) is 7.77. The van der Waals surface area contributed by atoms with E-state index in [1.165, 1.54) is 24.3 Å². The number of carbonyl (C=O) groups is 12. The van der Waals surface area contributed by atoms with Crippen molar-refractivity contribution >= 4 is 71.1 Å². The molecule has 0 radical (unpaired) electrons. The summed E-state index contributed by atoms with van der Waals surface area (Å²) in [6.45, 7) is 5.66. The number of unbranched alkanes of at least 4 members (excludes halogenated alkanes) is 1. The summed E-state index contributed by atoms with van der Waals surface area (Å²) in [6, 6.07) is -9.27. The minimum absolute atomic E-state index is 0.00842. The lowest BCUT2D eigenvalue weighted by Gasteiger charge is -2.31. The van der Waals surface area contributed by atoms with E-state index in [1.54, 1.807) is 13.8 Å². The SMILES string of the molecule is CC(C)C[C@H](NC(=O)[C@H](CCCCN)NC(=O)[C@H](Cc1ccc(O)cc1)NC(=O)[C@@H](N)CC(N)=O)C(=O)N1CCC[C@H]1C(=O)N[C@@H](CC(=O)O)C(=O)N[C@@H](CC(=O)O)C(=O)N[C@H](C(=O)N[C@H](C(=O)O)[C@@H](C)O)[C@@H](C)O. The second-order valence-electron chi connectivity index (χ2n) is 18.5. The molecule has 0 aromatic heterocycles. The van der Waals surface area contributed by atoms with Gasteiger partial charge in [-0.3, -0.25) is 52.7 Å². The zero-order valence-corrected chi connectivity index (χ0v) is 42.0. The van der Waals surface area contributed by atoms with Gasteiger partial charge in [0, 0.05) is 13.0 Å². The summed E-state index contributed by atoms with van der Waals surface area (Å²) in [5, 5.41) is 74.4. The molecule has 1 fully saturated rings. The van der Waals surface area contributed by atoms with Gasteiger partial charge in [0.25, 0.3) is 0 Å². The van der Waals surface area contributed by atoms with Crippen LogP contribution in [0.3, 0.4) is 0 Å². The van der Waals surface area contributed by atoms with Gasteiger partial charge in [0.2, 0.25) is 53.2 Å². The molecule has 1 aliphatic heterocycles. The molecule has 1 heterocycles. The Hall–Kier alpha value is -7.50. The van der Waals surface area contributed by atoms with Gasteiger partial charge in [0.1, 0.15) is 48.0 Å². The number of carboxylic acids is 3. The minimum Gasteiger partial charge on any atom is -0.508 e. The zero-order chi connectivity index (χ0) is 56.9. The van der Waals surface area contributed by atoms with Gasteiger partial charge in [-0.15, -0.1) is 0 Å². The molecule has 1 aliphatic rings. The number of aliphatic hydroxyl groups is 2. The van der Waals surface area contributed by atoms with Crippen LogP contribution in [0.4, 0.5) is 0 Å². The van der Waals surface area contributed by atoms with Crippen LogP contribution >= 0.6 is 0 Å². The number of primary amides is 1. The number of benzene rings is 1. The summed E-state index contributed by atoms with van der Waals surface area (Å²) >= 11 is 0. The molecule has 19 N–H and O–H groups in total. The lowest BCUT2D eigenvalue weighted by Crippen LogP contribution is -2.62. The lowest BCUT2D eigenvalue weighted by molar-refractivity contribution is -0.146. The van der Waals surface area contributed by atoms with E-state index in [0.717, 1.165) is 18.7 Å². The molecular formula is C46H71N11O18. The van der Waals surface area contributed by atoms with E-state index in [0.29, 0.717) is 18.4 Å². The van der Waals surface area contributed by atoms with Gasteiger partial charge in [0.05, 0.1) is 37.5 Å². The topological polar surface area (TPSA) is 492 Å². The van der Waals surface area contributed by atoms with Gasteiger partial charge in [-0.25, -0.2) is 4.79 Å². The quantitative estimate of drug-likeness (QED) is 0.0299. The van der Waals surface area contributed by atoms with Crippen molar-refractivity contribution in [2.75, 3.05) is 13.1 Å². The predicted octanol–water partition coefficient (Wildman–Crippen LogP) is -5.51. The summed E-state index contributed by atoms with van der Waals surface area (Å²) in [4.78, 5) is 157. The molecule has 2 rings (SSSR count). The average Bonchev–Trinajstić information content (AvgIpc) is 3.81. The van der Waals surface area contributed by atoms with Gasteiger partial charge in [-0.2, -0.15) is 0 Å². The van der Waals surface area contributed by atoms with E-state index in [9.17, 15) is 88.2 Å². The van der Waals surface area contributed by atoms with Crippen LogP contribution in [0.25, 0.3) is 0 Å². The normalized spacial score (nSPS) is 17.2. The Morgan fingerprint density at radius 3 is 1.64 bits per heavy atom. The number of aromatic hydroxyl groups is 1. The molecule has 0 spiro atoms. The van der Waals surface area contributed by atoms with Crippen LogP contribution in [0, 0.1) is 5.92 Å². The Morgan fingerprint density at radius 2 is 1.12 bits per heavy atom. The Labute approximate surface area is 430 Å². The van der Waals surface area contributed by atoms with Gasteiger partial charge >= 0.3 is 17.9 Å². The van der Waals surface area contributed by atoms with Crippen LogP contribution in [0.2, 0.25) is 0 Å². The standard InChI is InChI=1S/C46H71N11O18/c1-21(2)16-31(54-39(67)27(8-5-6-14-47)50-40(68)28(17-24-10-12-25(60)13-11-24)51-38(66)26(48)18-33(49)61)45(73)57-15-7-9-32(57)43(71)53-29(19-34(62)63)41(69)52-30(20-35(64)65)42(70)55-36(22(3)58)44(72)56-37(23(4)59)46(74)75/h10-13,21-23,26-32,36-37,58-60H,5-9,14-20,47-48H2,1-4H3,(H2,49,61)(H,50,68)(H,51,66)(H,52,69)(H,53,71)(H,54,67)(H,55,70)(H,56,72)(H,62,63)(H,64,65)(H,74,75)/t22-,23-,26+,27+,28+,29+,30+,31+,32+,36+,37+/m1/s1. The van der Waals surface area contributed by atoms with E-state index >= 15 is 0 Å². The first kappa shape index (κ1) is 63.6. The van der Waals surface area contributed by atoms with Crippen LogP contribution in [0.5, 0.6) is 5.75 Å². The maximum absolute atomic E-state index is 14.4. The third-order valence-corrected chi connectivity index (χ3v) is 11.6. The molecule has 0 aliphatic carbocycles. The van der Waals surface area contributed by atoms with Crippen LogP contribution in [-0.4, -0.2) is 186 Å². The molecule has 418 valence electrons. The first-order chi connectivity index (χ1) is 35.1. The number of likely N-dealkylation sites (tertiary alicyclic amines) is 1. The number of phenolic OH excluding ortho intramolecular Hbond substituents is 1. The van der Waals surface area contributed by atoms with E-state index in [1.807, 2.05) is 16.0 Å². The molecule has 1 saturated heterocycles. The number of hydrogen-bond acceptors (Lipinski definition) is 17. The highest BCUT2D eigenvalue weighted by molar-refractivity contribution is 6.00. The van der Waals surface area contributed by atoms with E-state index < -0.39 is 157 Å². The summed E-state index contributed by atoms with van der Waals surface area (Å²) in [5.74, 6) is -14.9. The molecule has 0 saturated carbocycles. The smallest absolute Gasteiger partial charge is 0.328 e. The monoisotopic (exact) mass is 1070 g/mol. The van der Waals surface area contributed by atoms with Crippen molar-refractivity contribution in [1.82, 2.24) is 42.1 Å². The van der Waals surface area contributed by atoms with Gasteiger partial charge in [0.15, 0.2) is 6.04 Å². The van der Waals surface area contributed by atoms with Crippen molar-refractivity contribution in [1.29, 1.82) is 0 Å². The maximum Gasteiger partial charge on any atom is 0.328 e. The number of amides is 9. The molecule has 11 atom stereocenters. The molecule has 1 aromatic carbocycles. The first-order valence-electron chi connectivity index (χ1n) is 24.0. The lowest BCUT2D eigenvalue weighted by atomic mass is 10.00. The first-order valence-corrected chi connectivity index (χ1v) is 24.0. The molecule has 29 nitrogen and oxygen atoms in total. The number of nitrogens with one attached hydrogen (secondary N) is 7. The number of hydrogen-bond donors (Lipinski definition) is 16. The van der Waals surface area contributed by atoms with Crippen LogP contribution < -0.4 is 54.4 Å². The molecule has 75 heavy (non-hydrogen) atoms.